The standard InChI is InChI=1S/C19H28N6O3S/c1-13-11-14(2)17(15(3)12-13)29(27,28)20-8-7-16(26)21-18-22-19(24-23-18)25-9-5-4-6-10-25/h11-12,20H,4-10H2,1-3H3,(H2,21,22,23,24,26). The normalized spacial score (nSPS) is 14.8. The monoisotopic (exact) mass is 420 g/mol. The molecule has 1 amide bonds. The highest BCUT2D eigenvalue weighted by molar-refractivity contribution is 7.89. The Labute approximate surface area is 171 Å². The van der Waals surface area contributed by atoms with Gasteiger partial charge in [0.05, 0.1) is 4.90 Å². The molecule has 0 radical (unpaired) electrons. The summed E-state index contributed by atoms with van der Waals surface area (Å²) in [6, 6.07) is 3.66. The third kappa shape index (κ3) is 5.33. The smallest absolute Gasteiger partial charge is 0.246 e. The number of amides is 1. The molecule has 0 aliphatic carbocycles. The van der Waals surface area contributed by atoms with Crippen molar-refractivity contribution in [1.29, 1.82) is 0 Å². The van der Waals surface area contributed by atoms with E-state index in [1.807, 2.05) is 19.1 Å². The number of sulfonamides is 1. The molecule has 0 saturated carbocycles. The Morgan fingerprint density at radius 2 is 1.79 bits per heavy atom. The van der Waals surface area contributed by atoms with E-state index in [9.17, 15) is 13.2 Å². The zero-order chi connectivity index (χ0) is 21.0. The molecule has 0 spiro atoms. The lowest BCUT2D eigenvalue weighted by Gasteiger charge is -2.24. The Morgan fingerprint density at radius 3 is 2.45 bits per heavy atom. The number of nitrogens with zero attached hydrogens (tertiary/aromatic N) is 3. The van der Waals surface area contributed by atoms with Gasteiger partial charge in [-0.2, -0.15) is 4.98 Å². The van der Waals surface area contributed by atoms with E-state index in [1.54, 1.807) is 13.8 Å². The van der Waals surface area contributed by atoms with Gasteiger partial charge in [0.2, 0.25) is 27.8 Å². The number of anilines is 2. The van der Waals surface area contributed by atoms with Gasteiger partial charge in [-0.25, -0.2) is 18.2 Å². The van der Waals surface area contributed by atoms with Gasteiger partial charge in [-0.1, -0.05) is 17.7 Å². The number of nitrogens with one attached hydrogen (secondary N) is 3. The molecule has 1 aromatic carbocycles. The third-order valence-electron chi connectivity index (χ3n) is 4.89. The van der Waals surface area contributed by atoms with Crippen molar-refractivity contribution in [3.05, 3.63) is 28.8 Å². The maximum atomic E-state index is 12.6. The third-order valence-corrected chi connectivity index (χ3v) is 6.65. The Balaban J connectivity index is 1.53. The van der Waals surface area contributed by atoms with Crippen LogP contribution in [0.4, 0.5) is 11.9 Å². The minimum Gasteiger partial charge on any atom is -0.340 e. The van der Waals surface area contributed by atoms with Gasteiger partial charge in [0.1, 0.15) is 0 Å². The van der Waals surface area contributed by atoms with E-state index < -0.39 is 10.0 Å². The Hall–Kier alpha value is -2.46. The van der Waals surface area contributed by atoms with Crippen LogP contribution in [0.3, 0.4) is 0 Å². The lowest BCUT2D eigenvalue weighted by Crippen LogP contribution is -2.30. The zero-order valence-electron chi connectivity index (χ0n) is 17.1. The number of piperidine rings is 1. The van der Waals surface area contributed by atoms with Crippen LogP contribution in [0.2, 0.25) is 0 Å². The SMILES string of the molecule is Cc1cc(C)c(S(=O)(=O)NCCC(=O)Nc2nc(N3CCCCC3)n[nH]2)c(C)c1. The molecule has 1 fully saturated rings. The number of hydrogen-bond donors (Lipinski definition) is 3. The van der Waals surface area contributed by atoms with Crippen molar-refractivity contribution in [3.63, 3.8) is 0 Å². The summed E-state index contributed by atoms with van der Waals surface area (Å²) in [5.41, 5.74) is 2.38. The highest BCUT2D eigenvalue weighted by Crippen LogP contribution is 2.21. The fraction of sp³-hybridized carbons (Fsp3) is 0.526. The minimum absolute atomic E-state index is 0.00591. The average molecular weight is 421 g/mol. The molecule has 3 rings (SSSR count). The van der Waals surface area contributed by atoms with Crippen LogP contribution < -0.4 is 14.9 Å². The first-order valence-electron chi connectivity index (χ1n) is 9.81. The number of aromatic nitrogens is 3. The summed E-state index contributed by atoms with van der Waals surface area (Å²) < 4.78 is 27.8. The Kier molecular flexibility index (Phi) is 6.53. The summed E-state index contributed by atoms with van der Waals surface area (Å²) in [5, 5.41) is 9.48. The summed E-state index contributed by atoms with van der Waals surface area (Å²) in [6.07, 6.45) is 3.41. The van der Waals surface area contributed by atoms with E-state index in [0.717, 1.165) is 31.5 Å². The molecule has 0 bridgehead atoms. The minimum atomic E-state index is -3.69. The molecule has 29 heavy (non-hydrogen) atoms. The van der Waals surface area contributed by atoms with Gasteiger partial charge in [-0.05, 0) is 51.2 Å². The first-order valence-corrected chi connectivity index (χ1v) is 11.3. The lowest BCUT2D eigenvalue weighted by molar-refractivity contribution is -0.116. The number of carbonyl (C=O) groups excluding carboxylic acids is 1. The van der Waals surface area contributed by atoms with Crippen LogP contribution in [0.1, 0.15) is 42.4 Å². The number of benzene rings is 1. The van der Waals surface area contributed by atoms with Crippen molar-refractivity contribution in [2.45, 2.75) is 51.3 Å². The van der Waals surface area contributed by atoms with E-state index in [2.05, 4.69) is 30.1 Å². The second kappa shape index (κ2) is 8.91. The van der Waals surface area contributed by atoms with Crippen molar-refractivity contribution >= 4 is 27.8 Å². The number of aryl methyl sites for hydroxylation is 3. The van der Waals surface area contributed by atoms with E-state index in [0.29, 0.717) is 17.1 Å². The van der Waals surface area contributed by atoms with Gasteiger partial charge in [0.25, 0.3) is 0 Å². The van der Waals surface area contributed by atoms with Crippen molar-refractivity contribution in [3.8, 4) is 0 Å². The molecule has 1 aromatic heterocycles. The molecule has 0 unspecified atom stereocenters. The Morgan fingerprint density at radius 1 is 1.14 bits per heavy atom. The fourth-order valence-electron chi connectivity index (χ4n) is 3.70. The van der Waals surface area contributed by atoms with Gasteiger partial charge in [0, 0.05) is 26.1 Å². The predicted molar refractivity (Wildman–Crippen MR) is 112 cm³/mol. The van der Waals surface area contributed by atoms with Crippen molar-refractivity contribution < 1.29 is 13.2 Å². The number of H-pyrrole nitrogens is 1. The quantitative estimate of drug-likeness (QED) is 0.630. The largest absolute Gasteiger partial charge is 0.340 e. The maximum absolute atomic E-state index is 12.6. The highest BCUT2D eigenvalue weighted by Gasteiger charge is 2.20. The fourth-order valence-corrected chi connectivity index (χ4v) is 5.18. The van der Waals surface area contributed by atoms with Crippen LogP contribution >= 0.6 is 0 Å². The van der Waals surface area contributed by atoms with Crippen LogP contribution in [0.15, 0.2) is 17.0 Å². The van der Waals surface area contributed by atoms with Crippen LogP contribution in [-0.4, -0.2) is 49.1 Å². The molecule has 3 N–H and O–H groups in total. The highest BCUT2D eigenvalue weighted by atomic mass is 32.2. The van der Waals surface area contributed by atoms with Crippen LogP contribution in [0.25, 0.3) is 0 Å². The first-order chi connectivity index (χ1) is 13.8. The maximum Gasteiger partial charge on any atom is 0.246 e. The summed E-state index contributed by atoms with van der Waals surface area (Å²) in [4.78, 5) is 18.8. The van der Waals surface area contributed by atoms with E-state index >= 15 is 0 Å². The van der Waals surface area contributed by atoms with Crippen molar-refractivity contribution in [2.75, 3.05) is 29.9 Å². The molecule has 158 valence electrons. The molecule has 0 atom stereocenters. The van der Waals surface area contributed by atoms with E-state index in [4.69, 9.17) is 0 Å². The van der Waals surface area contributed by atoms with Gasteiger partial charge in [-0.3, -0.25) is 10.1 Å². The summed E-state index contributed by atoms with van der Waals surface area (Å²) >= 11 is 0. The topological polar surface area (TPSA) is 120 Å². The van der Waals surface area contributed by atoms with Gasteiger partial charge in [-0.15, -0.1) is 5.10 Å². The molecule has 1 aliphatic heterocycles. The first kappa shape index (κ1) is 21.3. The van der Waals surface area contributed by atoms with Crippen LogP contribution in [0.5, 0.6) is 0 Å². The average Bonchev–Trinajstić information content (AvgIpc) is 3.09. The number of aromatic amines is 1. The summed E-state index contributed by atoms with van der Waals surface area (Å²) in [5.74, 6) is 0.501. The lowest BCUT2D eigenvalue weighted by atomic mass is 10.1. The Bertz CT molecular complexity index is 957. The van der Waals surface area contributed by atoms with Crippen LogP contribution in [0, 0.1) is 20.8 Å². The van der Waals surface area contributed by atoms with Gasteiger partial charge in [0.15, 0.2) is 0 Å². The van der Waals surface area contributed by atoms with E-state index in [1.165, 1.54) is 6.42 Å². The van der Waals surface area contributed by atoms with Gasteiger partial charge >= 0.3 is 0 Å². The molecular weight excluding hydrogens is 392 g/mol. The zero-order valence-corrected chi connectivity index (χ0v) is 17.9. The van der Waals surface area contributed by atoms with Crippen molar-refractivity contribution in [2.24, 2.45) is 0 Å². The second-order valence-corrected chi connectivity index (χ2v) is 9.16. The van der Waals surface area contributed by atoms with Gasteiger partial charge < -0.3 is 4.90 Å². The molecule has 2 aromatic rings. The molecule has 10 heteroatoms. The summed E-state index contributed by atoms with van der Waals surface area (Å²) in [6.45, 7) is 7.27. The number of hydrogen-bond acceptors (Lipinski definition) is 6. The number of carbonyl (C=O) groups is 1. The summed E-state index contributed by atoms with van der Waals surface area (Å²) in [7, 11) is -3.69. The molecule has 9 nitrogen and oxygen atoms in total. The molecular formula is C19H28N6O3S. The van der Waals surface area contributed by atoms with Crippen LogP contribution in [-0.2, 0) is 14.8 Å². The second-order valence-electron chi connectivity index (χ2n) is 7.46. The van der Waals surface area contributed by atoms with E-state index in [-0.39, 0.29) is 29.7 Å². The van der Waals surface area contributed by atoms with Crippen molar-refractivity contribution in [1.82, 2.24) is 19.9 Å². The number of rotatable bonds is 7. The molecule has 2 heterocycles. The molecule has 1 aliphatic rings. The predicted octanol–water partition coefficient (Wildman–Crippen LogP) is 2.03. The molecule has 1 saturated heterocycles.